The van der Waals surface area contributed by atoms with Crippen LogP contribution < -0.4 is 14.4 Å². The first kappa shape index (κ1) is 32.1. The Kier molecular flexibility index (Phi) is 11.0. The molecule has 11 nitrogen and oxygen atoms in total. The van der Waals surface area contributed by atoms with Crippen LogP contribution in [0.2, 0.25) is 0 Å². The fourth-order valence-electron chi connectivity index (χ4n) is 4.32. The third-order valence-electron chi connectivity index (χ3n) is 6.83. The van der Waals surface area contributed by atoms with Gasteiger partial charge in [-0.05, 0) is 61.7 Å². The normalized spacial score (nSPS) is 12.6. The van der Waals surface area contributed by atoms with Gasteiger partial charge in [0.2, 0.25) is 11.8 Å². The largest absolute Gasteiger partial charge is 0.497 e. The highest BCUT2D eigenvalue weighted by Gasteiger charge is 2.34. The van der Waals surface area contributed by atoms with Crippen molar-refractivity contribution in [3.63, 3.8) is 0 Å². The molecule has 42 heavy (non-hydrogen) atoms. The number of ether oxygens (including phenoxy) is 1. The van der Waals surface area contributed by atoms with Crippen LogP contribution in [0.15, 0.2) is 83.8 Å². The van der Waals surface area contributed by atoms with Crippen molar-refractivity contribution in [2.45, 2.75) is 57.1 Å². The molecule has 2 atom stereocenters. The number of carbonyl (C=O) groups is 2. The first-order valence-electron chi connectivity index (χ1n) is 13.6. The number of nitro benzene ring substituents is 1. The average molecular weight is 597 g/mol. The van der Waals surface area contributed by atoms with Gasteiger partial charge in [-0.15, -0.1) is 0 Å². The van der Waals surface area contributed by atoms with E-state index in [9.17, 15) is 28.1 Å². The average Bonchev–Trinajstić information content (AvgIpc) is 3.00. The summed E-state index contributed by atoms with van der Waals surface area (Å²) >= 11 is 0. The van der Waals surface area contributed by atoms with E-state index in [-0.39, 0.29) is 41.2 Å². The van der Waals surface area contributed by atoms with Crippen molar-refractivity contribution in [2.75, 3.05) is 18.0 Å². The summed E-state index contributed by atoms with van der Waals surface area (Å²) in [6.07, 6.45) is 0.968. The van der Waals surface area contributed by atoms with Gasteiger partial charge in [-0.1, -0.05) is 44.2 Å². The standard InChI is InChI=1S/C30H36N4O7S/c1-5-22(3)31-30(36)28(6-2)32(20-23-11-10-12-26(19-23)41-4)29(35)21-33(24-15-17-25(18-16-24)34(37)38)42(39,40)27-13-8-7-9-14-27/h7-19,22,28H,5-6,20-21H2,1-4H3,(H,31,36)/t22-,28+/m0/s1. The summed E-state index contributed by atoms with van der Waals surface area (Å²) in [6.45, 7) is 4.94. The summed E-state index contributed by atoms with van der Waals surface area (Å²) in [6, 6.07) is 18.5. The highest BCUT2D eigenvalue weighted by Crippen LogP contribution is 2.27. The quantitative estimate of drug-likeness (QED) is 0.213. The van der Waals surface area contributed by atoms with Crippen LogP contribution in [-0.4, -0.2) is 55.8 Å². The Hall–Kier alpha value is -4.45. The Morgan fingerprint density at radius 3 is 2.21 bits per heavy atom. The van der Waals surface area contributed by atoms with Gasteiger partial charge in [0.15, 0.2) is 0 Å². The number of nitro groups is 1. The SMILES string of the molecule is CC[C@H](C(=O)N[C@@H](C)CC)N(Cc1cccc(OC)c1)C(=O)CN(c1ccc([N+](=O)[O-])cc1)S(=O)(=O)c1ccccc1. The van der Waals surface area contributed by atoms with Gasteiger partial charge < -0.3 is 15.0 Å². The van der Waals surface area contributed by atoms with Gasteiger partial charge in [0.1, 0.15) is 18.3 Å². The summed E-state index contributed by atoms with van der Waals surface area (Å²) in [5, 5.41) is 14.2. The van der Waals surface area contributed by atoms with Crippen LogP contribution in [0.4, 0.5) is 11.4 Å². The molecule has 0 radical (unpaired) electrons. The molecule has 3 rings (SSSR count). The molecule has 0 aromatic heterocycles. The molecule has 2 amide bonds. The van der Waals surface area contributed by atoms with E-state index in [0.717, 1.165) is 4.31 Å². The van der Waals surface area contributed by atoms with Crippen molar-refractivity contribution in [3.8, 4) is 5.75 Å². The molecular formula is C30H36N4O7S. The van der Waals surface area contributed by atoms with E-state index in [4.69, 9.17) is 4.74 Å². The highest BCUT2D eigenvalue weighted by atomic mass is 32.2. The predicted octanol–water partition coefficient (Wildman–Crippen LogP) is 4.52. The van der Waals surface area contributed by atoms with Gasteiger partial charge in [-0.2, -0.15) is 0 Å². The lowest BCUT2D eigenvalue weighted by molar-refractivity contribution is -0.384. The lowest BCUT2D eigenvalue weighted by Gasteiger charge is -2.33. The summed E-state index contributed by atoms with van der Waals surface area (Å²) < 4.78 is 33.9. The molecule has 3 aromatic rings. The number of sulfonamides is 1. The third-order valence-corrected chi connectivity index (χ3v) is 8.62. The Bertz CT molecular complexity index is 1480. The molecule has 0 aliphatic rings. The molecule has 224 valence electrons. The first-order chi connectivity index (χ1) is 20.0. The Labute approximate surface area is 246 Å². The van der Waals surface area contributed by atoms with E-state index in [1.165, 1.54) is 48.4 Å². The maximum absolute atomic E-state index is 14.1. The smallest absolute Gasteiger partial charge is 0.269 e. The van der Waals surface area contributed by atoms with Gasteiger partial charge in [-0.3, -0.25) is 24.0 Å². The van der Waals surface area contributed by atoms with Crippen molar-refractivity contribution in [1.29, 1.82) is 0 Å². The zero-order chi connectivity index (χ0) is 30.9. The third kappa shape index (κ3) is 7.84. The number of hydrogen-bond donors (Lipinski definition) is 1. The number of anilines is 1. The lowest BCUT2D eigenvalue weighted by atomic mass is 10.1. The van der Waals surface area contributed by atoms with Crippen LogP contribution in [0.5, 0.6) is 5.75 Å². The Balaban J connectivity index is 2.08. The molecule has 0 unspecified atom stereocenters. The van der Waals surface area contributed by atoms with Crippen LogP contribution in [0, 0.1) is 10.1 Å². The summed E-state index contributed by atoms with van der Waals surface area (Å²) in [5.74, 6) is -0.408. The number of nitrogens with one attached hydrogen (secondary N) is 1. The van der Waals surface area contributed by atoms with Crippen molar-refractivity contribution < 1.29 is 27.7 Å². The molecule has 0 spiro atoms. The predicted molar refractivity (Wildman–Crippen MR) is 160 cm³/mol. The maximum atomic E-state index is 14.1. The summed E-state index contributed by atoms with van der Waals surface area (Å²) in [7, 11) is -2.76. The molecular weight excluding hydrogens is 560 g/mol. The molecule has 12 heteroatoms. The minimum absolute atomic E-state index is 0.0158. The summed E-state index contributed by atoms with van der Waals surface area (Å²) in [4.78, 5) is 39.4. The van der Waals surface area contributed by atoms with Gasteiger partial charge in [0.25, 0.3) is 15.7 Å². The topological polar surface area (TPSA) is 139 Å². The van der Waals surface area contributed by atoms with Crippen LogP contribution in [-0.2, 0) is 26.2 Å². The fraction of sp³-hybridized carbons (Fsp3) is 0.333. The van der Waals surface area contributed by atoms with Crippen LogP contribution >= 0.6 is 0 Å². The van der Waals surface area contributed by atoms with Crippen molar-refractivity contribution in [3.05, 3.63) is 94.5 Å². The minimum Gasteiger partial charge on any atom is -0.497 e. The molecule has 0 bridgehead atoms. The fourth-order valence-corrected chi connectivity index (χ4v) is 5.75. The number of hydrogen-bond acceptors (Lipinski definition) is 7. The second-order valence-electron chi connectivity index (χ2n) is 9.71. The van der Waals surface area contributed by atoms with E-state index >= 15 is 0 Å². The molecule has 3 aromatic carbocycles. The van der Waals surface area contributed by atoms with Crippen molar-refractivity contribution in [2.24, 2.45) is 0 Å². The number of rotatable bonds is 14. The number of non-ortho nitro benzene ring substituents is 1. The molecule has 0 aliphatic carbocycles. The minimum atomic E-state index is -4.28. The monoisotopic (exact) mass is 596 g/mol. The van der Waals surface area contributed by atoms with Crippen LogP contribution in [0.25, 0.3) is 0 Å². The second-order valence-corrected chi connectivity index (χ2v) is 11.6. The number of amides is 2. The number of nitrogens with zero attached hydrogens (tertiary/aromatic N) is 3. The molecule has 0 saturated heterocycles. The molecule has 0 fully saturated rings. The van der Waals surface area contributed by atoms with Gasteiger partial charge >= 0.3 is 0 Å². The number of benzene rings is 3. The first-order valence-corrected chi connectivity index (χ1v) is 15.0. The summed E-state index contributed by atoms with van der Waals surface area (Å²) in [5.41, 5.74) is 0.524. The van der Waals surface area contributed by atoms with Crippen LogP contribution in [0.1, 0.15) is 39.2 Å². The number of methoxy groups -OCH3 is 1. The Morgan fingerprint density at radius 2 is 1.64 bits per heavy atom. The van der Waals surface area contributed by atoms with Gasteiger partial charge in [0.05, 0.1) is 22.6 Å². The van der Waals surface area contributed by atoms with Crippen LogP contribution in [0.3, 0.4) is 0 Å². The zero-order valence-electron chi connectivity index (χ0n) is 24.1. The van der Waals surface area contributed by atoms with E-state index in [1.807, 2.05) is 13.8 Å². The van der Waals surface area contributed by atoms with Crippen molar-refractivity contribution in [1.82, 2.24) is 10.2 Å². The van der Waals surface area contributed by atoms with E-state index in [1.54, 1.807) is 49.4 Å². The van der Waals surface area contributed by atoms with Gasteiger partial charge in [-0.25, -0.2) is 8.42 Å². The zero-order valence-corrected chi connectivity index (χ0v) is 24.9. The molecule has 0 saturated carbocycles. The lowest BCUT2D eigenvalue weighted by Crippen LogP contribution is -2.53. The molecule has 1 N–H and O–H groups in total. The maximum Gasteiger partial charge on any atom is 0.269 e. The molecule has 0 aliphatic heterocycles. The van der Waals surface area contributed by atoms with E-state index in [0.29, 0.717) is 17.7 Å². The van der Waals surface area contributed by atoms with E-state index in [2.05, 4.69) is 5.32 Å². The second kappa shape index (κ2) is 14.4. The molecule has 0 heterocycles. The van der Waals surface area contributed by atoms with E-state index < -0.39 is 33.4 Å². The highest BCUT2D eigenvalue weighted by molar-refractivity contribution is 7.92. The Morgan fingerprint density at radius 1 is 0.976 bits per heavy atom. The number of carbonyl (C=O) groups excluding carboxylic acids is 2. The van der Waals surface area contributed by atoms with Gasteiger partial charge in [0, 0.05) is 24.7 Å². The van der Waals surface area contributed by atoms with Crippen molar-refractivity contribution >= 4 is 33.2 Å².